The van der Waals surface area contributed by atoms with Crippen LogP contribution in [-0.2, 0) is 0 Å². The van der Waals surface area contributed by atoms with E-state index in [1.165, 1.54) is 12.3 Å². The molecule has 0 amide bonds. The molecule has 0 saturated carbocycles. The first-order valence-electron chi connectivity index (χ1n) is 6.60. The number of carboxylic acids is 1. The molecule has 0 aliphatic heterocycles. The van der Waals surface area contributed by atoms with Crippen LogP contribution in [0, 0.1) is 0 Å². The molecule has 0 unspecified atom stereocenters. The van der Waals surface area contributed by atoms with E-state index in [-0.39, 0.29) is 5.56 Å². The van der Waals surface area contributed by atoms with Gasteiger partial charge in [0.2, 0.25) is 0 Å². The molecule has 0 saturated heterocycles. The van der Waals surface area contributed by atoms with Crippen LogP contribution in [0.3, 0.4) is 0 Å². The molecule has 0 spiro atoms. The Hall–Kier alpha value is -1.62. The van der Waals surface area contributed by atoms with E-state index < -0.39 is 5.97 Å². The summed E-state index contributed by atoms with van der Waals surface area (Å²) in [7, 11) is 0. The van der Waals surface area contributed by atoms with Crippen LogP contribution in [0.4, 0.5) is 5.69 Å². The van der Waals surface area contributed by atoms with E-state index in [0.29, 0.717) is 24.3 Å². The lowest BCUT2D eigenvalue weighted by molar-refractivity contribution is 0.0697. The molecule has 0 radical (unpaired) electrons. The minimum absolute atomic E-state index is 0.260. The van der Waals surface area contributed by atoms with Gasteiger partial charge in [0.1, 0.15) is 0 Å². The van der Waals surface area contributed by atoms with Gasteiger partial charge in [-0.15, -0.1) is 0 Å². The van der Waals surface area contributed by atoms with E-state index in [0.717, 1.165) is 6.54 Å². The summed E-state index contributed by atoms with van der Waals surface area (Å²) in [5, 5.41) is 12.2. The van der Waals surface area contributed by atoms with Gasteiger partial charge in [0, 0.05) is 31.4 Å². The Kier molecular flexibility index (Phi) is 5.76. The van der Waals surface area contributed by atoms with Gasteiger partial charge in [0.05, 0.1) is 17.4 Å². The molecule has 106 valence electrons. The second kappa shape index (κ2) is 7.09. The number of nitrogens with one attached hydrogen (secondary N) is 1. The Morgan fingerprint density at radius 2 is 2.00 bits per heavy atom. The zero-order chi connectivity index (χ0) is 14.4. The summed E-state index contributed by atoms with van der Waals surface area (Å²) in [6.45, 7) is 10.2. The summed E-state index contributed by atoms with van der Waals surface area (Å²) in [6.07, 6.45) is 3.04. The molecule has 5 nitrogen and oxygen atoms in total. The highest BCUT2D eigenvalue weighted by Crippen LogP contribution is 2.13. The smallest absolute Gasteiger partial charge is 0.337 e. The van der Waals surface area contributed by atoms with Gasteiger partial charge in [0.15, 0.2) is 0 Å². The third kappa shape index (κ3) is 4.52. The monoisotopic (exact) mass is 265 g/mol. The molecular formula is C14H23N3O2. The normalized spacial score (nSPS) is 11.3. The number of aromatic carboxylic acids is 1. The van der Waals surface area contributed by atoms with Gasteiger partial charge in [-0.05, 0) is 33.8 Å². The molecule has 0 fully saturated rings. The Morgan fingerprint density at radius 3 is 2.53 bits per heavy atom. The van der Waals surface area contributed by atoms with E-state index in [1.807, 2.05) is 0 Å². The van der Waals surface area contributed by atoms with Crippen molar-refractivity contribution in [2.45, 2.75) is 39.8 Å². The molecule has 5 heteroatoms. The van der Waals surface area contributed by atoms with Crippen LogP contribution in [-0.4, -0.2) is 46.1 Å². The van der Waals surface area contributed by atoms with E-state index >= 15 is 0 Å². The molecule has 1 aromatic rings. The minimum atomic E-state index is -0.936. The number of carbonyl (C=O) groups is 1. The zero-order valence-corrected chi connectivity index (χ0v) is 12.1. The molecular weight excluding hydrogens is 242 g/mol. The standard InChI is InChI=1S/C14H23N3O2/c1-10(2)17(11(3)4)8-7-16-13-9-15-6-5-12(13)14(18)19/h5-6,9-11,16H,7-8H2,1-4H3,(H,18,19). The molecule has 0 aliphatic rings. The molecule has 1 rings (SSSR count). The summed E-state index contributed by atoms with van der Waals surface area (Å²) in [5.74, 6) is -0.936. The number of rotatable bonds is 7. The summed E-state index contributed by atoms with van der Waals surface area (Å²) in [5.41, 5.74) is 0.832. The first-order valence-corrected chi connectivity index (χ1v) is 6.60. The van der Waals surface area contributed by atoms with Crippen molar-refractivity contribution in [1.82, 2.24) is 9.88 Å². The minimum Gasteiger partial charge on any atom is -0.478 e. The van der Waals surface area contributed by atoms with E-state index in [9.17, 15) is 4.79 Å². The SMILES string of the molecule is CC(C)N(CCNc1cnccc1C(=O)O)C(C)C. The lowest BCUT2D eigenvalue weighted by Crippen LogP contribution is -2.40. The van der Waals surface area contributed by atoms with Crippen LogP contribution >= 0.6 is 0 Å². The van der Waals surface area contributed by atoms with Crippen molar-refractivity contribution in [2.75, 3.05) is 18.4 Å². The molecule has 2 N–H and O–H groups in total. The van der Waals surface area contributed by atoms with Gasteiger partial charge < -0.3 is 10.4 Å². The maximum absolute atomic E-state index is 11.1. The number of anilines is 1. The van der Waals surface area contributed by atoms with Gasteiger partial charge in [-0.3, -0.25) is 9.88 Å². The molecule has 0 bridgehead atoms. The number of carboxylic acid groups (broad SMARTS) is 1. The molecule has 19 heavy (non-hydrogen) atoms. The summed E-state index contributed by atoms with van der Waals surface area (Å²) < 4.78 is 0. The predicted octanol–water partition coefficient (Wildman–Crippen LogP) is 2.31. The Morgan fingerprint density at radius 1 is 1.37 bits per heavy atom. The third-order valence-corrected chi connectivity index (χ3v) is 3.06. The molecule has 1 heterocycles. The van der Waals surface area contributed by atoms with Crippen LogP contribution in [0.1, 0.15) is 38.1 Å². The van der Waals surface area contributed by atoms with Crippen LogP contribution in [0.5, 0.6) is 0 Å². The van der Waals surface area contributed by atoms with Crippen LogP contribution < -0.4 is 5.32 Å². The highest BCUT2D eigenvalue weighted by molar-refractivity contribution is 5.93. The van der Waals surface area contributed by atoms with Crippen LogP contribution in [0.2, 0.25) is 0 Å². The third-order valence-electron chi connectivity index (χ3n) is 3.06. The second-order valence-corrected chi connectivity index (χ2v) is 5.08. The van der Waals surface area contributed by atoms with Gasteiger partial charge in [-0.25, -0.2) is 4.79 Å². The Balaban J connectivity index is 2.60. The van der Waals surface area contributed by atoms with Crippen molar-refractivity contribution in [3.63, 3.8) is 0 Å². The molecule has 0 atom stereocenters. The van der Waals surface area contributed by atoms with Crippen molar-refractivity contribution in [2.24, 2.45) is 0 Å². The average molecular weight is 265 g/mol. The zero-order valence-electron chi connectivity index (χ0n) is 12.1. The Labute approximate surface area is 114 Å². The average Bonchev–Trinajstić information content (AvgIpc) is 2.33. The maximum Gasteiger partial charge on any atom is 0.337 e. The first-order chi connectivity index (χ1) is 8.93. The van der Waals surface area contributed by atoms with Gasteiger partial charge in [-0.1, -0.05) is 0 Å². The number of pyridine rings is 1. The highest BCUT2D eigenvalue weighted by Gasteiger charge is 2.13. The number of hydrogen-bond donors (Lipinski definition) is 2. The lowest BCUT2D eigenvalue weighted by atomic mass is 10.2. The fraction of sp³-hybridized carbons (Fsp3) is 0.571. The largest absolute Gasteiger partial charge is 0.478 e. The highest BCUT2D eigenvalue weighted by atomic mass is 16.4. The topological polar surface area (TPSA) is 65.5 Å². The van der Waals surface area contributed by atoms with Crippen LogP contribution in [0.15, 0.2) is 18.5 Å². The van der Waals surface area contributed by atoms with Gasteiger partial charge in [0.25, 0.3) is 0 Å². The molecule has 0 aromatic carbocycles. The van der Waals surface area contributed by atoms with Gasteiger partial charge >= 0.3 is 5.97 Å². The molecule has 1 aromatic heterocycles. The summed E-state index contributed by atoms with van der Waals surface area (Å²) in [4.78, 5) is 17.4. The van der Waals surface area contributed by atoms with Crippen molar-refractivity contribution < 1.29 is 9.90 Å². The quantitative estimate of drug-likeness (QED) is 0.792. The predicted molar refractivity (Wildman–Crippen MR) is 76.7 cm³/mol. The maximum atomic E-state index is 11.1. The number of nitrogens with zero attached hydrogens (tertiary/aromatic N) is 2. The van der Waals surface area contributed by atoms with E-state index in [4.69, 9.17) is 5.11 Å². The second-order valence-electron chi connectivity index (χ2n) is 5.08. The van der Waals surface area contributed by atoms with Crippen molar-refractivity contribution in [3.8, 4) is 0 Å². The van der Waals surface area contributed by atoms with E-state index in [2.05, 4.69) is 42.9 Å². The van der Waals surface area contributed by atoms with Crippen molar-refractivity contribution in [3.05, 3.63) is 24.0 Å². The number of aromatic nitrogens is 1. The Bertz CT molecular complexity index is 411. The van der Waals surface area contributed by atoms with E-state index in [1.54, 1.807) is 6.20 Å². The fourth-order valence-electron chi connectivity index (χ4n) is 2.15. The number of hydrogen-bond acceptors (Lipinski definition) is 4. The lowest BCUT2D eigenvalue weighted by Gasteiger charge is -2.30. The molecule has 0 aliphatic carbocycles. The first kappa shape index (κ1) is 15.4. The summed E-state index contributed by atoms with van der Waals surface area (Å²) in [6, 6.07) is 2.44. The fourth-order valence-corrected chi connectivity index (χ4v) is 2.15. The van der Waals surface area contributed by atoms with Crippen molar-refractivity contribution >= 4 is 11.7 Å². The van der Waals surface area contributed by atoms with Crippen LogP contribution in [0.25, 0.3) is 0 Å². The van der Waals surface area contributed by atoms with Gasteiger partial charge in [-0.2, -0.15) is 0 Å². The summed E-state index contributed by atoms with van der Waals surface area (Å²) >= 11 is 0. The van der Waals surface area contributed by atoms with Crippen molar-refractivity contribution in [1.29, 1.82) is 0 Å².